The monoisotopic (exact) mass is 277 g/mol. The van der Waals surface area contributed by atoms with Gasteiger partial charge in [0.05, 0.1) is 24.2 Å². The van der Waals surface area contributed by atoms with Gasteiger partial charge in [0.25, 0.3) is 0 Å². The minimum Gasteiger partial charge on any atom is -0.480 e. The summed E-state index contributed by atoms with van der Waals surface area (Å²) in [5.41, 5.74) is 0.229. The minimum absolute atomic E-state index is 0.106. The van der Waals surface area contributed by atoms with Gasteiger partial charge in [-0.1, -0.05) is 0 Å². The van der Waals surface area contributed by atoms with E-state index in [9.17, 15) is 13.2 Å². The molecule has 0 saturated heterocycles. The fourth-order valence-electron chi connectivity index (χ4n) is 1.18. The molecule has 0 spiro atoms. The van der Waals surface area contributed by atoms with Crippen LogP contribution in [0.15, 0.2) is 12.4 Å². The molecular weight excluding hydrogens is 262 g/mol. The van der Waals surface area contributed by atoms with E-state index in [0.29, 0.717) is 6.61 Å². The zero-order valence-electron chi connectivity index (χ0n) is 9.87. The van der Waals surface area contributed by atoms with Crippen LogP contribution in [-0.4, -0.2) is 48.2 Å². The first-order valence-corrected chi connectivity index (χ1v) is 6.90. The van der Waals surface area contributed by atoms with Crippen LogP contribution in [0.4, 0.5) is 5.69 Å². The Morgan fingerprint density at radius 3 is 2.94 bits per heavy atom. The number of nitrogens with one attached hydrogen (secondary N) is 1. The Morgan fingerprint density at radius 1 is 1.61 bits per heavy atom. The summed E-state index contributed by atoms with van der Waals surface area (Å²) in [5, 5.41) is 12.3. The van der Waals surface area contributed by atoms with Crippen molar-refractivity contribution in [3.63, 3.8) is 0 Å². The van der Waals surface area contributed by atoms with Crippen LogP contribution in [0.3, 0.4) is 0 Å². The second-order valence-electron chi connectivity index (χ2n) is 3.44. The summed E-state index contributed by atoms with van der Waals surface area (Å²) in [6, 6.07) is 0. The first-order chi connectivity index (χ1) is 8.43. The standard InChI is InChI=1S/C9H15N3O5S/c1-2-17-3-4-18(15,16)11-8-5-10-12(6-8)7-9(13)14/h5-6,11H,2-4,7H2,1H3,(H,13,14). The fourth-order valence-corrected chi connectivity index (χ4v) is 2.09. The molecule has 0 aliphatic heterocycles. The maximum absolute atomic E-state index is 11.6. The summed E-state index contributed by atoms with van der Waals surface area (Å²) in [4.78, 5) is 10.4. The van der Waals surface area contributed by atoms with Crippen LogP contribution in [0, 0.1) is 0 Å². The Morgan fingerprint density at radius 2 is 2.33 bits per heavy atom. The molecule has 8 nitrogen and oxygen atoms in total. The van der Waals surface area contributed by atoms with Gasteiger partial charge in [-0.2, -0.15) is 5.10 Å². The van der Waals surface area contributed by atoms with Gasteiger partial charge in [-0.05, 0) is 6.92 Å². The summed E-state index contributed by atoms with van der Waals surface area (Å²) < 4.78 is 31.5. The number of carbonyl (C=O) groups is 1. The van der Waals surface area contributed by atoms with Gasteiger partial charge in [0.15, 0.2) is 0 Å². The quantitative estimate of drug-likeness (QED) is 0.634. The van der Waals surface area contributed by atoms with Crippen molar-refractivity contribution in [1.82, 2.24) is 9.78 Å². The topological polar surface area (TPSA) is 111 Å². The van der Waals surface area contributed by atoms with Crippen molar-refractivity contribution in [1.29, 1.82) is 0 Å². The van der Waals surface area contributed by atoms with Gasteiger partial charge in [-0.15, -0.1) is 0 Å². The van der Waals surface area contributed by atoms with E-state index in [0.717, 1.165) is 4.68 Å². The number of carboxylic acid groups (broad SMARTS) is 1. The number of anilines is 1. The lowest BCUT2D eigenvalue weighted by Gasteiger charge is -2.05. The number of rotatable bonds is 8. The fraction of sp³-hybridized carbons (Fsp3) is 0.556. The molecule has 102 valence electrons. The van der Waals surface area contributed by atoms with Crippen LogP contribution in [0.25, 0.3) is 0 Å². The zero-order chi connectivity index (χ0) is 13.6. The molecule has 1 aromatic rings. The zero-order valence-corrected chi connectivity index (χ0v) is 10.7. The molecule has 0 fully saturated rings. The number of aliphatic carboxylic acids is 1. The number of aromatic nitrogens is 2. The van der Waals surface area contributed by atoms with Gasteiger partial charge in [-0.3, -0.25) is 14.2 Å². The molecule has 2 N–H and O–H groups in total. The third kappa shape index (κ3) is 5.15. The van der Waals surface area contributed by atoms with E-state index >= 15 is 0 Å². The molecule has 0 aliphatic carbocycles. The molecule has 0 atom stereocenters. The van der Waals surface area contributed by atoms with E-state index in [2.05, 4.69) is 9.82 Å². The van der Waals surface area contributed by atoms with Gasteiger partial charge in [0.1, 0.15) is 6.54 Å². The van der Waals surface area contributed by atoms with Gasteiger partial charge >= 0.3 is 5.97 Å². The van der Waals surface area contributed by atoms with Crippen molar-refractivity contribution in [2.24, 2.45) is 0 Å². The Bertz CT molecular complexity index is 496. The predicted molar refractivity (Wildman–Crippen MR) is 63.8 cm³/mol. The SMILES string of the molecule is CCOCCS(=O)(=O)Nc1cnn(CC(=O)O)c1. The average molecular weight is 277 g/mol. The lowest BCUT2D eigenvalue weighted by atomic mass is 10.6. The third-order valence-electron chi connectivity index (χ3n) is 1.90. The molecule has 0 saturated carbocycles. The summed E-state index contributed by atoms with van der Waals surface area (Å²) in [5.74, 6) is -1.21. The highest BCUT2D eigenvalue weighted by Gasteiger charge is 2.12. The Kier molecular flexibility index (Phi) is 5.10. The number of nitrogens with zero attached hydrogens (tertiary/aromatic N) is 2. The number of hydrogen-bond donors (Lipinski definition) is 2. The van der Waals surface area contributed by atoms with E-state index in [1.807, 2.05) is 0 Å². The highest BCUT2D eigenvalue weighted by atomic mass is 32.2. The Labute approximate surface area is 105 Å². The second kappa shape index (κ2) is 6.36. The van der Waals surface area contributed by atoms with Crippen molar-refractivity contribution < 1.29 is 23.1 Å². The van der Waals surface area contributed by atoms with E-state index < -0.39 is 16.0 Å². The summed E-state index contributed by atoms with van der Waals surface area (Å²) >= 11 is 0. The van der Waals surface area contributed by atoms with Crippen molar-refractivity contribution in [3.05, 3.63) is 12.4 Å². The summed E-state index contributed by atoms with van der Waals surface area (Å²) in [7, 11) is -3.50. The van der Waals surface area contributed by atoms with Crippen LogP contribution in [-0.2, 0) is 26.1 Å². The highest BCUT2D eigenvalue weighted by molar-refractivity contribution is 7.92. The molecule has 1 heterocycles. The molecule has 0 radical (unpaired) electrons. The maximum Gasteiger partial charge on any atom is 0.325 e. The molecule has 0 amide bonds. The van der Waals surface area contributed by atoms with E-state index in [1.165, 1.54) is 12.4 Å². The van der Waals surface area contributed by atoms with Crippen molar-refractivity contribution in [2.45, 2.75) is 13.5 Å². The molecule has 0 aliphatic rings. The van der Waals surface area contributed by atoms with Gasteiger partial charge < -0.3 is 9.84 Å². The summed E-state index contributed by atoms with van der Waals surface area (Å²) in [6.07, 6.45) is 2.56. The van der Waals surface area contributed by atoms with Gasteiger partial charge in [0, 0.05) is 12.8 Å². The van der Waals surface area contributed by atoms with E-state index in [4.69, 9.17) is 9.84 Å². The smallest absolute Gasteiger partial charge is 0.325 e. The lowest BCUT2D eigenvalue weighted by Crippen LogP contribution is -2.20. The molecule has 9 heteroatoms. The number of carboxylic acids is 1. The van der Waals surface area contributed by atoms with Crippen molar-refractivity contribution >= 4 is 21.7 Å². The first kappa shape index (κ1) is 14.5. The van der Waals surface area contributed by atoms with E-state index in [-0.39, 0.29) is 24.6 Å². The Balaban J connectivity index is 2.55. The normalized spacial score (nSPS) is 11.4. The maximum atomic E-state index is 11.6. The second-order valence-corrected chi connectivity index (χ2v) is 5.28. The molecule has 18 heavy (non-hydrogen) atoms. The van der Waals surface area contributed by atoms with Crippen molar-refractivity contribution in [3.8, 4) is 0 Å². The van der Waals surface area contributed by atoms with Crippen molar-refractivity contribution in [2.75, 3.05) is 23.7 Å². The van der Waals surface area contributed by atoms with Crippen LogP contribution in [0.2, 0.25) is 0 Å². The minimum atomic E-state index is -3.50. The van der Waals surface area contributed by atoms with E-state index in [1.54, 1.807) is 6.92 Å². The van der Waals surface area contributed by atoms with Crippen LogP contribution in [0.1, 0.15) is 6.92 Å². The first-order valence-electron chi connectivity index (χ1n) is 5.25. The van der Waals surface area contributed by atoms with Crippen LogP contribution in [0.5, 0.6) is 0 Å². The van der Waals surface area contributed by atoms with Crippen LogP contribution < -0.4 is 4.72 Å². The molecular formula is C9H15N3O5S. The third-order valence-corrected chi connectivity index (χ3v) is 3.16. The molecule has 1 aromatic heterocycles. The van der Waals surface area contributed by atoms with Gasteiger partial charge in [-0.25, -0.2) is 8.42 Å². The predicted octanol–water partition coefficient (Wildman–Crippen LogP) is -0.254. The lowest BCUT2D eigenvalue weighted by molar-refractivity contribution is -0.137. The van der Waals surface area contributed by atoms with Crippen LogP contribution >= 0.6 is 0 Å². The molecule has 1 rings (SSSR count). The van der Waals surface area contributed by atoms with Gasteiger partial charge in [0.2, 0.25) is 10.0 Å². The number of hydrogen-bond acceptors (Lipinski definition) is 5. The highest BCUT2D eigenvalue weighted by Crippen LogP contribution is 2.07. The summed E-state index contributed by atoms with van der Waals surface area (Å²) in [6.45, 7) is 2.01. The Hall–Kier alpha value is -1.61. The average Bonchev–Trinajstić information content (AvgIpc) is 2.63. The molecule has 0 aromatic carbocycles. The number of sulfonamides is 1. The molecule has 0 bridgehead atoms. The molecule has 0 unspecified atom stereocenters. The largest absolute Gasteiger partial charge is 0.480 e. The number of ether oxygens (including phenoxy) is 1.